The lowest BCUT2D eigenvalue weighted by molar-refractivity contribution is 0.580. The van der Waals surface area contributed by atoms with E-state index in [2.05, 4.69) is 24.9 Å². The molecule has 0 atom stereocenters. The fraction of sp³-hybridized carbons (Fsp3) is 0.267. The number of hydrogen-bond donors (Lipinski definition) is 0. The summed E-state index contributed by atoms with van der Waals surface area (Å²) >= 11 is 0. The average molecular weight is 298 g/mol. The Hall–Kier alpha value is -2.70. The van der Waals surface area contributed by atoms with Gasteiger partial charge in [0.05, 0.1) is 6.20 Å². The molecule has 3 aromatic heterocycles. The van der Waals surface area contributed by atoms with Crippen molar-refractivity contribution < 1.29 is 4.39 Å². The summed E-state index contributed by atoms with van der Waals surface area (Å²) in [5.74, 6) is 0.506. The van der Waals surface area contributed by atoms with Crippen molar-refractivity contribution in [2.45, 2.75) is 0 Å². The zero-order valence-corrected chi connectivity index (χ0v) is 11.9. The van der Waals surface area contributed by atoms with Crippen LogP contribution in [-0.4, -0.2) is 45.8 Å². The molecular formula is C15H15FN6. The van der Waals surface area contributed by atoms with Gasteiger partial charge in [0, 0.05) is 56.5 Å². The van der Waals surface area contributed by atoms with Gasteiger partial charge in [-0.3, -0.25) is 0 Å². The minimum Gasteiger partial charge on any atom is -0.368 e. The predicted octanol–water partition coefficient (Wildman–Crippen LogP) is 1.59. The van der Waals surface area contributed by atoms with Gasteiger partial charge in [0.1, 0.15) is 5.52 Å². The molecule has 1 fully saturated rings. The molecular weight excluding hydrogens is 283 g/mol. The van der Waals surface area contributed by atoms with Crippen LogP contribution < -0.4 is 9.80 Å². The van der Waals surface area contributed by atoms with Crippen LogP contribution in [0, 0.1) is 5.95 Å². The molecule has 0 amide bonds. The van der Waals surface area contributed by atoms with Crippen LogP contribution in [0.2, 0.25) is 0 Å². The van der Waals surface area contributed by atoms with Crippen molar-refractivity contribution >= 4 is 17.0 Å². The van der Waals surface area contributed by atoms with Crippen molar-refractivity contribution in [3.63, 3.8) is 0 Å². The summed E-state index contributed by atoms with van der Waals surface area (Å²) in [6.45, 7) is 3.31. The van der Waals surface area contributed by atoms with E-state index in [9.17, 15) is 4.39 Å². The first-order valence-corrected chi connectivity index (χ1v) is 7.21. The number of nitrogens with zero attached hydrogens (tertiary/aromatic N) is 6. The molecule has 0 radical (unpaired) electrons. The minimum absolute atomic E-state index is 0.439. The first-order valence-electron chi connectivity index (χ1n) is 7.21. The highest BCUT2D eigenvalue weighted by Gasteiger charge is 2.20. The molecule has 0 aromatic carbocycles. The number of fused-ring (bicyclic) bond motifs is 1. The number of hydrogen-bond acceptors (Lipinski definition) is 5. The van der Waals surface area contributed by atoms with E-state index in [4.69, 9.17) is 0 Å². The monoisotopic (exact) mass is 298 g/mol. The summed E-state index contributed by atoms with van der Waals surface area (Å²) in [4.78, 5) is 12.5. The van der Waals surface area contributed by atoms with Gasteiger partial charge in [0.15, 0.2) is 5.82 Å². The van der Waals surface area contributed by atoms with Gasteiger partial charge in [-0.05, 0) is 12.1 Å². The highest BCUT2D eigenvalue weighted by atomic mass is 19.1. The lowest BCUT2D eigenvalue weighted by Gasteiger charge is -2.36. The van der Waals surface area contributed by atoms with E-state index in [1.807, 2.05) is 22.8 Å². The molecule has 22 heavy (non-hydrogen) atoms. The van der Waals surface area contributed by atoms with Crippen molar-refractivity contribution in [2.75, 3.05) is 36.0 Å². The summed E-state index contributed by atoms with van der Waals surface area (Å²) < 4.78 is 15.1. The van der Waals surface area contributed by atoms with E-state index in [0.29, 0.717) is 0 Å². The molecule has 0 saturated carbocycles. The smallest absolute Gasteiger partial charge is 0.214 e. The van der Waals surface area contributed by atoms with Crippen LogP contribution in [-0.2, 0) is 0 Å². The van der Waals surface area contributed by atoms with Gasteiger partial charge in [0.2, 0.25) is 5.95 Å². The van der Waals surface area contributed by atoms with Gasteiger partial charge in [-0.1, -0.05) is 0 Å². The normalized spacial score (nSPS) is 15.5. The number of rotatable bonds is 2. The third-order valence-corrected chi connectivity index (χ3v) is 3.96. The van der Waals surface area contributed by atoms with E-state index >= 15 is 0 Å². The average Bonchev–Trinajstić information content (AvgIpc) is 3.04. The third-order valence-electron chi connectivity index (χ3n) is 3.96. The van der Waals surface area contributed by atoms with Crippen LogP contribution in [0.1, 0.15) is 0 Å². The number of piperazine rings is 1. The van der Waals surface area contributed by atoms with E-state index in [1.165, 1.54) is 12.3 Å². The molecule has 4 heterocycles. The molecule has 1 saturated heterocycles. The summed E-state index contributed by atoms with van der Waals surface area (Å²) in [5.41, 5.74) is 1.88. The quantitative estimate of drug-likeness (QED) is 0.673. The summed E-state index contributed by atoms with van der Waals surface area (Å²) in [6.07, 6.45) is 6.89. The Balaban J connectivity index is 1.53. The van der Waals surface area contributed by atoms with Crippen molar-refractivity contribution in [3.8, 4) is 0 Å². The maximum absolute atomic E-state index is 13.2. The van der Waals surface area contributed by atoms with Crippen molar-refractivity contribution in [1.82, 2.24) is 19.6 Å². The van der Waals surface area contributed by atoms with Crippen LogP contribution in [0.4, 0.5) is 15.9 Å². The second-order valence-corrected chi connectivity index (χ2v) is 5.22. The molecule has 6 nitrogen and oxygen atoms in total. The molecule has 0 spiro atoms. The Morgan fingerprint density at radius 1 is 0.909 bits per heavy atom. The Kier molecular flexibility index (Phi) is 3.10. The van der Waals surface area contributed by atoms with Gasteiger partial charge < -0.3 is 9.80 Å². The van der Waals surface area contributed by atoms with Gasteiger partial charge in [-0.2, -0.15) is 9.49 Å². The van der Waals surface area contributed by atoms with E-state index in [-0.39, 0.29) is 0 Å². The molecule has 1 aliphatic rings. The van der Waals surface area contributed by atoms with Crippen LogP contribution >= 0.6 is 0 Å². The zero-order chi connectivity index (χ0) is 14.9. The SMILES string of the molecule is Fc1cc(N2CCN(c3nccn4nccc34)CC2)ccn1. The number of pyridine rings is 1. The topological polar surface area (TPSA) is 49.6 Å². The highest BCUT2D eigenvalue weighted by Crippen LogP contribution is 2.22. The van der Waals surface area contributed by atoms with Gasteiger partial charge >= 0.3 is 0 Å². The van der Waals surface area contributed by atoms with Gasteiger partial charge in [-0.25, -0.2) is 14.5 Å². The standard InChI is InChI=1S/C15H15FN6/c16-14-11-12(1-3-17-14)20-7-9-21(10-8-20)15-13-2-4-19-22(13)6-5-18-15/h1-6,11H,7-10H2. The Morgan fingerprint density at radius 3 is 2.55 bits per heavy atom. The number of aromatic nitrogens is 4. The minimum atomic E-state index is -0.439. The molecule has 7 heteroatoms. The maximum atomic E-state index is 13.2. The summed E-state index contributed by atoms with van der Waals surface area (Å²) in [6, 6.07) is 5.28. The van der Waals surface area contributed by atoms with E-state index in [1.54, 1.807) is 12.4 Å². The molecule has 0 bridgehead atoms. The van der Waals surface area contributed by atoms with E-state index < -0.39 is 5.95 Å². The van der Waals surface area contributed by atoms with Crippen molar-refractivity contribution in [1.29, 1.82) is 0 Å². The van der Waals surface area contributed by atoms with E-state index in [0.717, 1.165) is 43.2 Å². The molecule has 4 rings (SSSR count). The Labute approximate surface area is 126 Å². The van der Waals surface area contributed by atoms with Crippen LogP contribution in [0.5, 0.6) is 0 Å². The zero-order valence-electron chi connectivity index (χ0n) is 11.9. The lowest BCUT2D eigenvalue weighted by atomic mass is 10.2. The lowest BCUT2D eigenvalue weighted by Crippen LogP contribution is -2.47. The molecule has 112 valence electrons. The first-order chi connectivity index (χ1) is 10.8. The third kappa shape index (κ3) is 2.24. The van der Waals surface area contributed by atoms with Crippen molar-refractivity contribution in [3.05, 3.63) is 48.9 Å². The fourth-order valence-electron chi connectivity index (χ4n) is 2.85. The molecule has 3 aromatic rings. The number of halogens is 1. The van der Waals surface area contributed by atoms with Crippen LogP contribution in [0.3, 0.4) is 0 Å². The van der Waals surface area contributed by atoms with Gasteiger partial charge in [-0.15, -0.1) is 0 Å². The largest absolute Gasteiger partial charge is 0.368 e. The second-order valence-electron chi connectivity index (χ2n) is 5.22. The Bertz CT molecular complexity index is 793. The second kappa shape index (κ2) is 5.25. The fourth-order valence-corrected chi connectivity index (χ4v) is 2.85. The van der Waals surface area contributed by atoms with Crippen LogP contribution in [0.15, 0.2) is 43.0 Å². The Morgan fingerprint density at radius 2 is 1.73 bits per heavy atom. The molecule has 1 aliphatic heterocycles. The number of anilines is 2. The molecule has 0 unspecified atom stereocenters. The summed E-state index contributed by atoms with van der Waals surface area (Å²) in [7, 11) is 0. The maximum Gasteiger partial charge on any atom is 0.214 e. The van der Waals surface area contributed by atoms with Gasteiger partial charge in [0.25, 0.3) is 0 Å². The molecule has 0 aliphatic carbocycles. The van der Waals surface area contributed by atoms with Crippen molar-refractivity contribution in [2.24, 2.45) is 0 Å². The summed E-state index contributed by atoms with van der Waals surface area (Å²) in [5, 5.41) is 4.24. The molecule has 0 N–H and O–H groups in total. The predicted molar refractivity (Wildman–Crippen MR) is 81.6 cm³/mol. The first kappa shape index (κ1) is 13.0. The highest BCUT2D eigenvalue weighted by molar-refractivity contribution is 5.68. The van der Waals surface area contributed by atoms with Crippen LogP contribution in [0.25, 0.3) is 5.52 Å².